The summed E-state index contributed by atoms with van der Waals surface area (Å²) in [7, 11) is 0. The Hall–Kier alpha value is -1.46. The molecule has 2 N–H and O–H groups in total. The minimum atomic E-state index is -0.199. The number of nitrogens with one attached hydrogen (secondary N) is 2. The Bertz CT molecular complexity index is 689. The van der Waals surface area contributed by atoms with Crippen LogP contribution in [0.1, 0.15) is 60.3 Å². The van der Waals surface area contributed by atoms with Gasteiger partial charge in [0.15, 0.2) is 0 Å². The van der Waals surface area contributed by atoms with E-state index in [2.05, 4.69) is 45.3 Å². The van der Waals surface area contributed by atoms with Crippen LogP contribution in [0.3, 0.4) is 0 Å². The summed E-state index contributed by atoms with van der Waals surface area (Å²) in [5.41, 5.74) is 0.323. The van der Waals surface area contributed by atoms with Crippen molar-refractivity contribution in [1.82, 2.24) is 15.5 Å². The zero-order chi connectivity index (χ0) is 36.1. The molecule has 0 rings (SSSR count). The first-order valence-electron chi connectivity index (χ1n) is 18.2. The van der Waals surface area contributed by atoms with Crippen molar-refractivity contribution in [3.05, 3.63) is 0 Å². The van der Waals surface area contributed by atoms with Gasteiger partial charge in [0, 0.05) is 39.5 Å². The van der Waals surface area contributed by atoms with E-state index < -0.39 is 0 Å². The standard InChI is InChI=1S/C35H71N3O11/c1-6-13-41-19-25-47-28-22-44-16-10-36-33(39)31-38(12-18-46-24-30-49-27-21-43-15-8-9-35(3,4)5)32-34(40)37-11-17-45-23-29-48-26-20-42-14-7-2/h6-32H2,1-5H3,(H,36,39)(H,37,40). The molecule has 14 nitrogen and oxygen atoms in total. The number of hydrogen-bond donors (Lipinski definition) is 2. The molecule has 0 radical (unpaired) electrons. The second-order valence-electron chi connectivity index (χ2n) is 12.6. The predicted molar refractivity (Wildman–Crippen MR) is 189 cm³/mol. The molecule has 2 amide bonds. The van der Waals surface area contributed by atoms with Gasteiger partial charge in [-0.1, -0.05) is 34.6 Å². The summed E-state index contributed by atoms with van der Waals surface area (Å²) in [6.07, 6.45) is 4.14. The van der Waals surface area contributed by atoms with E-state index in [1.54, 1.807) is 4.90 Å². The summed E-state index contributed by atoms with van der Waals surface area (Å²) in [6, 6.07) is 0. The summed E-state index contributed by atoms with van der Waals surface area (Å²) in [6.45, 7) is 21.3. The zero-order valence-corrected chi connectivity index (χ0v) is 31.5. The van der Waals surface area contributed by atoms with Crippen LogP contribution in [0.4, 0.5) is 0 Å². The third kappa shape index (κ3) is 39.2. The van der Waals surface area contributed by atoms with Crippen molar-refractivity contribution >= 4 is 11.8 Å². The van der Waals surface area contributed by atoms with Gasteiger partial charge in [0.25, 0.3) is 0 Å². The number of rotatable bonds is 38. The maximum Gasteiger partial charge on any atom is 0.234 e. The first-order valence-corrected chi connectivity index (χ1v) is 18.2. The molecule has 0 saturated heterocycles. The SMILES string of the molecule is CCCOCCOCCOCCNC(=O)CN(CCOCCOCCOCCCC(C)(C)C)CC(=O)NCCOCCOCCOCCC. The smallest absolute Gasteiger partial charge is 0.234 e. The molecule has 0 unspecified atom stereocenters. The molecule has 0 aliphatic carbocycles. The number of nitrogens with zero attached hydrogens (tertiary/aromatic N) is 1. The maximum atomic E-state index is 12.6. The summed E-state index contributed by atoms with van der Waals surface area (Å²) < 4.78 is 49.6. The van der Waals surface area contributed by atoms with E-state index in [1.807, 2.05) is 0 Å². The molecule has 292 valence electrons. The van der Waals surface area contributed by atoms with Crippen molar-refractivity contribution in [2.45, 2.75) is 60.3 Å². The molecular weight excluding hydrogens is 638 g/mol. The van der Waals surface area contributed by atoms with Crippen molar-refractivity contribution < 1.29 is 52.2 Å². The third-order valence-electron chi connectivity index (χ3n) is 6.57. The summed E-state index contributed by atoms with van der Waals surface area (Å²) in [5.74, 6) is -0.398. The van der Waals surface area contributed by atoms with Gasteiger partial charge in [-0.3, -0.25) is 14.5 Å². The number of amides is 2. The van der Waals surface area contributed by atoms with Gasteiger partial charge in [0.1, 0.15) is 0 Å². The normalized spacial score (nSPS) is 11.8. The maximum absolute atomic E-state index is 12.6. The van der Waals surface area contributed by atoms with E-state index in [9.17, 15) is 9.59 Å². The number of ether oxygens (including phenoxy) is 9. The number of carbonyl (C=O) groups is 2. The van der Waals surface area contributed by atoms with Gasteiger partial charge < -0.3 is 53.3 Å². The van der Waals surface area contributed by atoms with Crippen LogP contribution in [0.25, 0.3) is 0 Å². The lowest BCUT2D eigenvalue weighted by atomic mass is 9.91. The van der Waals surface area contributed by atoms with Crippen LogP contribution in [0.5, 0.6) is 0 Å². The van der Waals surface area contributed by atoms with Crippen molar-refractivity contribution in [3.8, 4) is 0 Å². The van der Waals surface area contributed by atoms with Gasteiger partial charge >= 0.3 is 0 Å². The summed E-state index contributed by atoms with van der Waals surface area (Å²) in [4.78, 5) is 27.0. The van der Waals surface area contributed by atoms with Crippen LogP contribution in [0.2, 0.25) is 0 Å². The molecule has 0 heterocycles. The van der Waals surface area contributed by atoms with Gasteiger partial charge in [-0.05, 0) is 31.1 Å². The monoisotopic (exact) mass is 710 g/mol. The molecule has 0 bridgehead atoms. The van der Waals surface area contributed by atoms with E-state index in [0.717, 1.165) is 45.5 Å². The fourth-order valence-electron chi connectivity index (χ4n) is 4.07. The lowest BCUT2D eigenvalue weighted by molar-refractivity contribution is -0.125. The summed E-state index contributed by atoms with van der Waals surface area (Å²) >= 11 is 0. The Morgan fingerprint density at radius 2 is 0.796 bits per heavy atom. The highest BCUT2D eigenvalue weighted by Crippen LogP contribution is 2.20. The minimum absolute atomic E-state index is 0.0521. The third-order valence-corrected chi connectivity index (χ3v) is 6.57. The fourth-order valence-corrected chi connectivity index (χ4v) is 4.07. The molecule has 0 aromatic heterocycles. The zero-order valence-electron chi connectivity index (χ0n) is 31.5. The van der Waals surface area contributed by atoms with Crippen molar-refractivity contribution in [2.75, 3.05) is 152 Å². The second kappa shape index (κ2) is 36.3. The Kier molecular flexibility index (Phi) is 35.3. The largest absolute Gasteiger partial charge is 0.379 e. The average Bonchev–Trinajstić information content (AvgIpc) is 3.06. The van der Waals surface area contributed by atoms with Crippen LogP contribution in [-0.4, -0.2) is 168 Å². The first-order chi connectivity index (χ1) is 23.8. The topological polar surface area (TPSA) is 145 Å². The summed E-state index contributed by atoms with van der Waals surface area (Å²) in [5, 5.41) is 5.68. The van der Waals surface area contributed by atoms with Crippen LogP contribution in [-0.2, 0) is 52.2 Å². The average molecular weight is 710 g/mol. The molecule has 0 saturated carbocycles. The number of hydrogen-bond acceptors (Lipinski definition) is 12. The van der Waals surface area contributed by atoms with E-state index in [1.165, 1.54) is 0 Å². The lowest BCUT2D eigenvalue weighted by Gasteiger charge is -2.21. The van der Waals surface area contributed by atoms with Crippen molar-refractivity contribution in [3.63, 3.8) is 0 Å². The first kappa shape index (κ1) is 47.5. The van der Waals surface area contributed by atoms with E-state index in [0.29, 0.717) is 124 Å². The van der Waals surface area contributed by atoms with E-state index >= 15 is 0 Å². The van der Waals surface area contributed by atoms with Gasteiger partial charge in [-0.15, -0.1) is 0 Å². The second-order valence-corrected chi connectivity index (χ2v) is 12.6. The molecular formula is C35H71N3O11. The quantitative estimate of drug-likeness (QED) is 0.0909. The van der Waals surface area contributed by atoms with Crippen LogP contribution in [0.15, 0.2) is 0 Å². The van der Waals surface area contributed by atoms with E-state index in [4.69, 9.17) is 42.6 Å². The molecule has 0 atom stereocenters. The van der Waals surface area contributed by atoms with Gasteiger partial charge in [0.2, 0.25) is 11.8 Å². The Morgan fingerprint density at radius 3 is 1.16 bits per heavy atom. The van der Waals surface area contributed by atoms with Gasteiger partial charge in [-0.25, -0.2) is 0 Å². The van der Waals surface area contributed by atoms with Gasteiger partial charge in [0.05, 0.1) is 112 Å². The predicted octanol–water partition coefficient (Wildman–Crippen LogP) is 2.32. The van der Waals surface area contributed by atoms with Crippen molar-refractivity contribution in [1.29, 1.82) is 0 Å². The molecule has 0 fully saturated rings. The fraction of sp³-hybridized carbons (Fsp3) is 0.943. The minimum Gasteiger partial charge on any atom is -0.379 e. The molecule has 0 aromatic carbocycles. The Morgan fingerprint density at radius 1 is 0.469 bits per heavy atom. The lowest BCUT2D eigenvalue weighted by Crippen LogP contribution is -2.45. The molecule has 0 aliphatic rings. The highest BCUT2D eigenvalue weighted by Gasteiger charge is 2.15. The molecule has 0 aromatic rings. The van der Waals surface area contributed by atoms with Gasteiger partial charge in [-0.2, -0.15) is 0 Å². The van der Waals surface area contributed by atoms with Crippen LogP contribution in [0, 0.1) is 5.41 Å². The van der Waals surface area contributed by atoms with Crippen molar-refractivity contribution in [2.24, 2.45) is 5.41 Å². The number of carbonyl (C=O) groups excluding carboxylic acids is 2. The highest BCUT2D eigenvalue weighted by atomic mass is 16.6. The highest BCUT2D eigenvalue weighted by molar-refractivity contribution is 5.81. The molecule has 49 heavy (non-hydrogen) atoms. The Labute approximate surface area is 296 Å². The molecule has 14 heteroatoms. The molecule has 0 aliphatic heterocycles. The molecule has 0 spiro atoms. The van der Waals surface area contributed by atoms with Crippen LogP contribution >= 0.6 is 0 Å². The Balaban J connectivity index is 4.24. The van der Waals surface area contributed by atoms with E-state index in [-0.39, 0.29) is 24.9 Å². The van der Waals surface area contributed by atoms with Crippen LogP contribution < -0.4 is 10.6 Å².